The summed E-state index contributed by atoms with van der Waals surface area (Å²) in [6.07, 6.45) is 1.81. The average molecular weight is 466 g/mol. The van der Waals surface area contributed by atoms with Crippen molar-refractivity contribution in [2.45, 2.75) is 35.4 Å². The molecular weight excluding hydrogens is 445 g/mol. The predicted octanol–water partition coefficient (Wildman–Crippen LogP) is 2.76. The van der Waals surface area contributed by atoms with E-state index in [1.54, 1.807) is 6.07 Å². The van der Waals surface area contributed by atoms with Crippen molar-refractivity contribution in [3.8, 4) is 6.07 Å². The number of hydrogen-bond donors (Lipinski definition) is 1. The average Bonchev–Trinajstić information content (AvgIpc) is 3.43. The molecule has 0 spiro atoms. The van der Waals surface area contributed by atoms with Crippen LogP contribution in [0.4, 0.5) is 18.9 Å². The highest BCUT2D eigenvalue weighted by Gasteiger charge is 2.44. The van der Waals surface area contributed by atoms with Gasteiger partial charge in [0.15, 0.2) is 0 Å². The molecule has 1 fully saturated rings. The minimum Gasteiger partial charge on any atom is -0.379 e. The van der Waals surface area contributed by atoms with Gasteiger partial charge in [-0.2, -0.15) is 5.26 Å². The van der Waals surface area contributed by atoms with Crippen LogP contribution in [0.3, 0.4) is 0 Å². The number of aromatic nitrogens is 1. The molecular formula is C21H21F3N4O3S. The number of halogens is 3. The largest absolute Gasteiger partial charge is 0.379 e. The number of sulfonamides is 1. The van der Waals surface area contributed by atoms with Crippen LogP contribution in [0.1, 0.15) is 29.6 Å². The minimum atomic E-state index is -4.17. The normalized spacial score (nSPS) is 22.8. The first kappa shape index (κ1) is 22.5. The zero-order chi connectivity index (χ0) is 22.9. The number of rotatable bonds is 7. The number of anilines is 1. The standard InChI is InChI=1S/C21H21F3N4O3S/c22-8-14(9-23)27-32(29,30)16-2-3-19(26-11-16)21-18(10-25)17-7-13(24)1-4-20(17)28(21)15-5-6-31-12-15/h1-4,7,11,14-15,18,21,27H,5-6,8-9,12H2. The molecule has 7 nitrogen and oxygen atoms in total. The smallest absolute Gasteiger partial charge is 0.242 e. The van der Waals surface area contributed by atoms with E-state index < -0.39 is 47.2 Å². The van der Waals surface area contributed by atoms with E-state index in [2.05, 4.69) is 11.1 Å². The van der Waals surface area contributed by atoms with E-state index in [1.807, 2.05) is 9.62 Å². The number of pyridine rings is 1. The molecule has 32 heavy (non-hydrogen) atoms. The van der Waals surface area contributed by atoms with Crippen LogP contribution in [-0.4, -0.2) is 52.0 Å². The monoisotopic (exact) mass is 466 g/mol. The van der Waals surface area contributed by atoms with E-state index >= 15 is 0 Å². The fourth-order valence-corrected chi connectivity index (χ4v) is 5.37. The summed E-state index contributed by atoms with van der Waals surface area (Å²) in [7, 11) is -4.17. The number of nitrogens with one attached hydrogen (secondary N) is 1. The summed E-state index contributed by atoms with van der Waals surface area (Å²) in [4.78, 5) is 6.02. The Morgan fingerprint density at radius 3 is 2.66 bits per heavy atom. The molecule has 1 saturated heterocycles. The third-order valence-electron chi connectivity index (χ3n) is 5.72. The van der Waals surface area contributed by atoms with E-state index in [-0.39, 0.29) is 10.9 Å². The first-order chi connectivity index (χ1) is 15.4. The van der Waals surface area contributed by atoms with Gasteiger partial charge in [0.2, 0.25) is 10.0 Å². The van der Waals surface area contributed by atoms with Crippen LogP contribution in [0.5, 0.6) is 0 Å². The molecule has 2 aliphatic rings. The van der Waals surface area contributed by atoms with Gasteiger partial charge >= 0.3 is 0 Å². The summed E-state index contributed by atoms with van der Waals surface area (Å²) in [5.41, 5.74) is 1.68. The fourth-order valence-electron chi connectivity index (χ4n) is 4.23. The molecule has 1 N–H and O–H groups in total. The van der Waals surface area contributed by atoms with Crippen molar-refractivity contribution in [3.63, 3.8) is 0 Å². The number of ether oxygens (including phenoxy) is 1. The highest BCUT2D eigenvalue weighted by Crippen LogP contribution is 2.50. The van der Waals surface area contributed by atoms with Crippen LogP contribution in [0.2, 0.25) is 0 Å². The topological polar surface area (TPSA) is 95.3 Å². The highest BCUT2D eigenvalue weighted by atomic mass is 32.2. The number of alkyl halides is 2. The first-order valence-corrected chi connectivity index (χ1v) is 11.5. The maximum atomic E-state index is 14.0. The fraction of sp³-hybridized carbons (Fsp3) is 0.429. The van der Waals surface area contributed by atoms with E-state index in [9.17, 15) is 26.9 Å². The lowest BCUT2D eigenvalue weighted by molar-refractivity contribution is 0.192. The zero-order valence-corrected chi connectivity index (χ0v) is 17.7. The van der Waals surface area contributed by atoms with Crippen LogP contribution >= 0.6 is 0 Å². The van der Waals surface area contributed by atoms with Crippen LogP contribution < -0.4 is 9.62 Å². The van der Waals surface area contributed by atoms with Crippen LogP contribution in [0.15, 0.2) is 41.4 Å². The summed E-state index contributed by atoms with van der Waals surface area (Å²) >= 11 is 0. The Kier molecular flexibility index (Phi) is 6.37. The Bertz CT molecular complexity index is 1110. The summed E-state index contributed by atoms with van der Waals surface area (Å²) in [6.45, 7) is -1.36. The van der Waals surface area contributed by atoms with Gasteiger partial charge in [-0.3, -0.25) is 4.98 Å². The van der Waals surface area contributed by atoms with Gasteiger partial charge in [-0.1, -0.05) is 0 Å². The van der Waals surface area contributed by atoms with Crippen molar-refractivity contribution in [1.82, 2.24) is 9.71 Å². The lowest BCUT2D eigenvalue weighted by Crippen LogP contribution is -2.38. The van der Waals surface area contributed by atoms with Crippen molar-refractivity contribution >= 4 is 15.7 Å². The van der Waals surface area contributed by atoms with Crippen LogP contribution in [0, 0.1) is 17.1 Å². The summed E-state index contributed by atoms with van der Waals surface area (Å²) in [5, 5.41) is 9.90. The zero-order valence-electron chi connectivity index (χ0n) is 16.9. The van der Waals surface area contributed by atoms with Gasteiger partial charge in [0.05, 0.1) is 42.4 Å². The number of benzene rings is 1. The Labute approximate surface area is 183 Å². The molecule has 3 unspecified atom stereocenters. The Morgan fingerprint density at radius 2 is 2.06 bits per heavy atom. The third-order valence-corrected chi connectivity index (χ3v) is 7.23. The molecule has 2 aromatic rings. The van der Waals surface area contributed by atoms with E-state index in [0.29, 0.717) is 30.2 Å². The van der Waals surface area contributed by atoms with Gasteiger partial charge in [-0.15, -0.1) is 0 Å². The lowest BCUT2D eigenvalue weighted by atomic mass is 9.93. The second-order valence-electron chi connectivity index (χ2n) is 7.73. The van der Waals surface area contributed by atoms with Crippen molar-refractivity contribution < 1.29 is 26.3 Å². The summed E-state index contributed by atoms with van der Waals surface area (Å²) in [5.74, 6) is -1.18. The molecule has 0 bridgehead atoms. The van der Waals surface area contributed by atoms with Crippen LogP contribution in [-0.2, 0) is 14.8 Å². The molecule has 1 aromatic carbocycles. The maximum Gasteiger partial charge on any atom is 0.242 e. The molecule has 3 atom stereocenters. The van der Waals surface area contributed by atoms with Crippen molar-refractivity contribution in [2.24, 2.45) is 0 Å². The Balaban J connectivity index is 1.70. The second-order valence-corrected chi connectivity index (χ2v) is 9.44. The second kappa shape index (κ2) is 9.05. The molecule has 3 heterocycles. The van der Waals surface area contributed by atoms with Gasteiger partial charge in [0.25, 0.3) is 0 Å². The van der Waals surface area contributed by atoms with Crippen LogP contribution in [0.25, 0.3) is 0 Å². The van der Waals surface area contributed by atoms with Crippen molar-refractivity contribution in [3.05, 3.63) is 53.6 Å². The van der Waals surface area contributed by atoms with Crippen molar-refractivity contribution in [1.29, 1.82) is 5.26 Å². The van der Waals surface area contributed by atoms with Gasteiger partial charge in [0.1, 0.15) is 24.1 Å². The van der Waals surface area contributed by atoms with Gasteiger partial charge in [-0.05, 0) is 42.3 Å². The molecule has 2 aliphatic heterocycles. The quantitative estimate of drug-likeness (QED) is 0.674. The summed E-state index contributed by atoms with van der Waals surface area (Å²) in [6, 6.07) is 7.18. The van der Waals surface area contributed by atoms with Gasteiger partial charge in [0, 0.05) is 18.5 Å². The highest BCUT2D eigenvalue weighted by molar-refractivity contribution is 7.89. The number of fused-ring (bicyclic) bond motifs is 1. The van der Waals surface area contributed by atoms with Gasteiger partial charge in [-0.25, -0.2) is 26.3 Å². The Morgan fingerprint density at radius 1 is 1.28 bits per heavy atom. The summed E-state index contributed by atoms with van der Waals surface area (Å²) < 4.78 is 71.7. The molecule has 170 valence electrons. The molecule has 0 amide bonds. The molecule has 0 saturated carbocycles. The third kappa shape index (κ3) is 4.05. The SMILES string of the molecule is N#CC1c2cc(F)ccc2N(C2CCOC2)C1c1ccc(S(=O)(=O)NC(CF)CF)cn1. The van der Waals surface area contributed by atoms with E-state index in [1.165, 1.54) is 24.3 Å². The van der Waals surface area contributed by atoms with Crippen molar-refractivity contribution in [2.75, 3.05) is 31.5 Å². The molecule has 11 heteroatoms. The molecule has 0 aliphatic carbocycles. The predicted molar refractivity (Wildman–Crippen MR) is 109 cm³/mol. The molecule has 0 radical (unpaired) electrons. The van der Waals surface area contributed by atoms with E-state index in [4.69, 9.17) is 4.74 Å². The van der Waals surface area contributed by atoms with E-state index in [0.717, 1.165) is 12.6 Å². The number of nitrogens with zero attached hydrogens (tertiary/aromatic N) is 3. The number of hydrogen-bond acceptors (Lipinski definition) is 6. The minimum absolute atomic E-state index is 0.0516. The first-order valence-electron chi connectivity index (χ1n) is 10.0. The Hall–Kier alpha value is -2.68. The number of nitriles is 1. The molecule has 1 aromatic heterocycles. The van der Waals surface area contributed by atoms with Gasteiger partial charge < -0.3 is 9.64 Å². The maximum absolute atomic E-state index is 14.0. The molecule has 4 rings (SSSR count). The lowest BCUT2D eigenvalue weighted by Gasteiger charge is -2.33.